The average molecular weight is 306 g/mol. The minimum absolute atomic E-state index is 0.143. The monoisotopic (exact) mass is 306 g/mol. The van der Waals surface area contributed by atoms with Gasteiger partial charge in [0.2, 0.25) is 11.9 Å². The van der Waals surface area contributed by atoms with E-state index in [1.807, 2.05) is 32.0 Å². The molecule has 122 valence electrons. The first kappa shape index (κ1) is 16.5. The van der Waals surface area contributed by atoms with E-state index >= 15 is 0 Å². The first-order valence-electron chi connectivity index (χ1n) is 7.70. The van der Waals surface area contributed by atoms with Crippen molar-refractivity contribution in [3.63, 3.8) is 0 Å². The first-order valence-corrected chi connectivity index (χ1v) is 7.70. The minimum Gasteiger partial charge on any atom is -0.353 e. The molecule has 1 fully saturated rings. The summed E-state index contributed by atoms with van der Waals surface area (Å²) in [6.07, 6.45) is 0. The third kappa shape index (κ3) is 4.56. The van der Waals surface area contributed by atoms with E-state index in [-0.39, 0.29) is 5.91 Å². The number of anilines is 2. The highest BCUT2D eigenvalue weighted by molar-refractivity contribution is 5.73. The molecule has 1 aromatic rings. The van der Waals surface area contributed by atoms with Gasteiger partial charge in [-0.1, -0.05) is 0 Å². The second-order valence-electron chi connectivity index (χ2n) is 5.91. The van der Waals surface area contributed by atoms with Gasteiger partial charge in [-0.3, -0.25) is 4.79 Å². The van der Waals surface area contributed by atoms with Crippen LogP contribution in [0.5, 0.6) is 0 Å². The molecule has 0 spiro atoms. The van der Waals surface area contributed by atoms with Crippen LogP contribution in [-0.2, 0) is 4.79 Å². The lowest BCUT2D eigenvalue weighted by molar-refractivity contribution is -0.129. The van der Waals surface area contributed by atoms with Gasteiger partial charge in [-0.25, -0.2) is 4.98 Å². The second kappa shape index (κ2) is 7.40. The molecule has 7 nitrogen and oxygen atoms in total. The predicted octanol–water partition coefficient (Wildman–Crippen LogP) is 0.427. The maximum Gasteiger partial charge on any atom is 0.224 e. The Balaban J connectivity index is 1.99. The van der Waals surface area contributed by atoms with Crippen molar-refractivity contribution < 1.29 is 4.79 Å². The number of hydrogen-bond acceptors (Lipinski definition) is 6. The van der Waals surface area contributed by atoms with Crippen LogP contribution in [0.4, 0.5) is 11.8 Å². The number of aryl methyl sites for hydroxylation is 1. The average Bonchev–Trinajstić information content (AvgIpc) is 2.46. The van der Waals surface area contributed by atoms with Crippen molar-refractivity contribution in [2.24, 2.45) is 0 Å². The summed E-state index contributed by atoms with van der Waals surface area (Å²) < 4.78 is 0. The zero-order valence-electron chi connectivity index (χ0n) is 14.0. The van der Waals surface area contributed by atoms with E-state index < -0.39 is 0 Å². The fourth-order valence-electron chi connectivity index (χ4n) is 2.43. The number of carbonyl (C=O) groups excluding carboxylic acids is 1. The summed E-state index contributed by atoms with van der Waals surface area (Å²) in [5.74, 6) is 1.75. The van der Waals surface area contributed by atoms with E-state index in [1.165, 1.54) is 0 Å². The van der Waals surface area contributed by atoms with Crippen LogP contribution in [0.15, 0.2) is 6.07 Å². The van der Waals surface area contributed by atoms with Crippen LogP contribution in [0.1, 0.15) is 12.6 Å². The van der Waals surface area contributed by atoms with E-state index in [4.69, 9.17) is 0 Å². The third-order valence-electron chi connectivity index (χ3n) is 3.73. The van der Waals surface area contributed by atoms with Crippen molar-refractivity contribution in [2.75, 3.05) is 63.6 Å². The highest BCUT2D eigenvalue weighted by atomic mass is 16.2. The van der Waals surface area contributed by atoms with Crippen molar-refractivity contribution in [3.8, 4) is 0 Å². The summed E-state index contributed by atoms with van der Waals surface area (Å²) in [4.78, 5) is 26.6. The standard InChI is InChI=1S/C15H26N6O/c1-12-11-14(18-15(17-12)16-5-6-19(3)4)21-9-7-20(8-10-21)13(2)22/h11H,5-10H2,1-4H3,(H,16,17,18). The van der Waals surface area contributed by atoms with Gasteiger partial charge in [0.25, 0.3) is 0 Å². The van der Waals surface area contributed by atoms with Gasteiger partial charge in [-0.15, -0.1) is 0 Å². The Morgan fingerprint density at radius 2 is 1.95 bits per heavy atom. The van der Waals surface area contributed by atoms with Crippen LogP contribution in [0, 0.1) is 6.92 Å². The molecule has 22 heavy (non-hydrogen) atoms. The molecule has 1 N–H and O–H groups in total. The largest absolute Gasteiger partial charge is 0.353 e. The third-order valence-corrected chi connectivity index (χ3v) is 3.73. The zero-order chi connectivity index (χ0) is 16.1. The van der Waals surface area contributed by atoms with Gasteiger partial charge in [0.05, 0.1) is 0 Å². The fraction of sp³-hybridized carbons (Fsp3) is 0.667. The van der Waals surface area contributed by atoms with Gasteiger partial charge in [-0.05, 0) is 21.0 Å². The van der Waals surface area contributed by atoms with Crippen molar-refractivity contribution in [1.82, 2.24) is 19.8 Å². The Morgan fingerprint density at radius 3 is 2.55 bits per heavy atom. The molecular formula is C15H26N6O. The van der Waals surface area contributed by atoms with E-state index in [1.54, 1.807) is 6.92 Å². The Hall–Kier alpha value is -1.89. The van der Waals surface area contributed by atoms with Gasteiger partial charge in [0, 0.05) is 58.0 Å². The second-order valence-corrected chi connectivity index (χ2v) is 5.91. The summed E-state index contributed by atoms with van der Waals surface area (Å²) in [5.41, 5.74) is 0.950. The maximum atomic E-state index is 11.4. The fourth-order valence-corrected chi connectivity index (χ4v) is 2.43. The zero-order valence-corrected chi connectivity index (χ0v) is 14.0. The van der Waals surface area contributed by atoms with Crippen molar-refractivity contribution in [1.29, 1.82) is 0 Å². The highest BCUT2D eigenvalue weighted by Crippen LogP contribution is 2.17. The number of carbonyl (C=O) groups is 1. The van der Waals surface area contributed by atoms with E-state index in [2.05, 4.69) is 25.1 Å². The Kier molecular flexibility index (Phi) is 5.54. The lowest BCUT2D eigenvalue weighted by Gasteiger charge is -2.35. The smallest absolute Gasteiger partial charge is 0.224 e. The molecule has 0 radical (unpaired) electrons. The molecule has 1 saturated heterocycles. The van der Waals surface area contributed by atoms with E-state index in [0.717, 1.165) is 50.8 Å². The number of nitrogens with zero attached hydrogens (tertiary/aromatic N) is 5. The summed E-state index contributed by atoms with van der Waals surface area (Å²) in [7, 11) is 4.08. The number of rotatable bonds is 5. The lowest BCUT2D eigenvalue weighted by atomic mass is 10.3. The molecule has 0 bridgehead atoms. The molecule has 7 heteroatoms. The number of hydrogen-bond donors (Lipinski definition) is 1. The molecule has 1 aliphatic heterocycles. The molecule has 1 aromatic heterocycles. The summed E-state index contributed by atoms with van der Waals surface area (Å²) in [6, 6.07) is 2.00. The van der Waals surface area contributed by atoms with Crippen LogP contribution >= 0.6 is 0 Å². The van der Waals surface area contributed by atoms with Gasteiger partial charge >= 0.3 is 0 Å². The van der Waals surface area contributed by atoms with Crippen LogP contribution in [0.25, 0.3) is 0 Å². The van der Waals surface area contributed by atoms with Gasteiger partial charge in [0.1, 0.15) is 5.82 Å². The molecule has 0 atom stereocenters. The van der Waals surface area contributed by atoms with Crippen molar-refractivity contribution >= 4 is 17.7 Å². The normalized spacial score (nSPS) is 15.3. The topological polar surface area (TPSA) is 64.6 Å². The quantitative estimate of drug-likeness (QED) is 0.851. The van der Waals surface area contributed by atoms with Gasteiger partial charge in [0.15, 0.2) is 0 Å². The molecule has 2 heterocycles. The highest BCUT2D eigenvalue weighted by Gasteiger charge is 2.20. The molecule has 0 aromatic carbocycles. The summed E-state index contributed by atoms with van der Waals surface area (Å²) in [6.45, 7) is 8.48. The van der Waals surface area contributed by atoms with Crippen LogP contribution in [0.2, 0.25) is 0 Å². The molecular weight excluding hydrogens is 280 g/mol. The Morgan fingerprint density at radius 1 is 1.27 bits per heavy atom. The number of likely N-dealkylation sites (N-methyl/N-ethyl adjacent to an activating group) is 1. The van der Waals surface area contributed by atoms with Gasteiger partial charge < -0.3 is 20.0 Å². The van der Waals surface area contributed by atoms with Crippen molar-refractivity contribution in [2.45, 2.75) is 13.8 Å². The Bertz CT molecular complexity index is 511. The van der Waals surface area contributed by atoms with Gasteiger partial charge in [-0.2, -0.15) is 4.98 Å². The van der Waals surface area contributed by atoms with Crippen molar-refractivity contribution in [3.05, 3.63) is 11.8 Å². The van der Waals surface area contributed by atoms with Crippen LogP contribution in [-0.4, -0.2) is 79.0 Å². The molecule has 2 rings (SSSR count). The van der Waals surface area contributed by atoms with E-state index in [0.29, 0.717) is 5.95 Å². The van der Waals surface area contributed by atoms with E-state index in [9.17, 15) is 4.79 Å². The summed E-state index contributed by atoms with van der Waals surface area (Å²) >= 11 is 0. The number of amides is 1. The minimum atomic E-state index is 0.143. The molecule has 1 aliphatic rings. The number of nitrogens with one attached hydrogen (secondary N) is 1. The maximum absolute atomic E-state index is 11.4. The summed E-state index contributed by atoms with van der Waals surface area (Å²) in [5, 5.41) is 3.27. The molecule has 0 aliphatic carbocycles. The molecule has 0 unspecified atom stereocenters. The number of aromatic nitrogens is 2. The molecule has 1 amide bonds. The first-order chi connectivity index (χ1) is 10.5. The predicted molar refractivity (Wildman–Crippen MR) is 88.3 cm³/mol. The van der Waals surface area contributed by atoms with Crippen LogP contribution in [0.3, 0.4) is 0 Å². The molecule has 0 saturated carbocycles. The SMILES string of the molecule is CC(=O)N1CCN(c2cc(C)nc(NCCN(C)C)n2)CC1. The Labute approximate surface area is 132 Å². The van der Waals surface area contributed by atoms with Crippen LogP contribution < -0.4 is 10.2 Å². The number of piperazine rings is 1. The lowest BCUT2D eigenvalue weighted by Crippen LogP contribution is -2.48.